The number of allylic oxidation sites excluding steroid dienone is 1. The molecule has 0 bridgehead atoms. The van der Waals surface area contributed by atoms with Crippen molar-refractivity contribution in [1.82, 2.24) is 15.1 Å². The fourth-order valence-corrected chi connectivity index (χ4v) is 2.66. The molecule has 2 heterocycles. The summed E-state index contributed by atoms with van der Waals surface area (Å²) in [5, 5.41) is 6.57. The number of aromatic amines is 1. The van der Waals surface area contributed by atoms with Gasteiger partial charge in [-0.1, -0.05) is 0 Å². The summed E-state index contributed by atoms with van der Waals surface area (Å²) in [6.07, 6.45) is 3.30. The van der Waals surface area contributed by atoms with Crippen molar-refractivity contribution in [1.29, 1.82) is 0 Å². The number of hydrogen-bond acceptors (Lipinski definition) is 4. The SMILES string of the molecule is COC(=O)C1c2cn[nH]c2CN1C(=O)/C(F)=C(\C)C1CC1. The largest absolute Gasteiger partial charge is 0.467 e. The molecule has 2 aliphatic rings. The molecule has 0 saturated heterocycles. The molecule has 1 unspecified atom stereocenters. The Bertz CT molecular complexity index is 633. The fourth-order valence-electron chi connectivity index (χ4n) is 2.66. The van der Waals surface area contributed by atoms with E-state index in [1.54, 1.807) is 6.92 Å². The van der Waals surface area contributed by atoms with Gasteiger partial charge in [0.2, 0.25) is 0 Å². The standard InChI is InChI=1S/C14H16FN3O3/c1-7(8-3-4-8)11(15)13(19)18-6-10-9(5-16-17-10)12(18)14(20)21-2/h5,8,12H,3-4,6H2,1-2H3,(H,16,17)/b11-7-. The highest BCUT2D eigenvalue weighted by Crippen LogP contribution is 2.40. The summed E-state index contributed by atoms with van der Waals surface area (Å²) in [5.41, 5.74) is 1.67. The van der Waals surface area contributed by atoms with Crippen LogP contribution in [0.4, 0.5) is 4.39 Å². The predicted octanol–water partition coefficient (Wildman–Crippen LogP) is 1.62. The zero-order chi connectivity index (χ0) is 15.1. The lowest BCUT2D eigenvalue weighted by molar-refractivity contribution is -0.152. The molecule has 1 aromatic rings. The maximum Gasteiger partial charge on any atom is 0.333 e. The Labute approximate surface area is 121 Å². The van der Waals surface area contributed by atoms with E-state index in [1.165, 1.54) is 18.2 Å². The minimum atomic E-state index is -0.936. The molecule has 0 radical (unpaired) electrons. The highest BCUT2D eigenvalue weighted by atomic mass is 19.1. The van der Waals surface area contributed by atoms with Crippen LogP contribution in [0.2, 0.25) is 0 Å². The quantitative estimate of drug-likeness (QED) is 0.679. The predicted molar refractivity (Wildman–Crippen MR) is 70.4 cm³/mol. The van der Waals surface area contributed by atoms with Gasteiger partial charge in [0.25, 0.3) is 5.91 Å². The first-order valence-corrected chi connectivity index (χ1v) is 6.81. The van der Waals surface area contributed by atoms with E-state index in [1.807, 2.05) is 0 Å². The van der Waals surface area contributed by atoms with Gasteiger partial charge < -0.3 is 9.64 Å². The van der Waals surface area contributed by atoms with E-state index >= 15 is 0 Å². The van der Waals surface area contributed by atoms with Crippen LogP contribution in [0, 0.1) is 5.92 Å². The molecule has 0 aromatic carbocycles. The van der Waals surface area contributed by atoms with Crippen molar-refractivity contribution in [3.8, 4) is 0 Å². The second kappa shape index (κ2) is 4.98. The van der Waals surface area contributed by atoms with E-state index in [4.69, 9.17) is 4.74 Å². The summed E-state index contributed by atoms with van der Waals surface area (Å²) >= 11 is 0. The molecule has 1 N–H and O–H groups in total. The highest BCUT2D eigenvalue weighted by Gasteiger charge is 2.42. The smallest absolute Gasteiger partial charge is 0.333 e. The lowest BCUT2D eigenvalue weighted by Crippen LogP contribution is -2.35. The van der Waals surface area contributed by atoms with Crippen LogP contribution in [0.3, 0.4) is 0 Å². The average Bonchev–Trinajstić information content (AvgIpc) is 3.13. The van der Waals surface area contributed by atoms with Crippen LogP contribution < -0.4 is 0 Å². The van der Waals surface area contributed by atoms with Crippen molar-refractivity contribution in [2.75, 3.05) is 7.11 Å². The van der Waals surface area contributed by atoms with Gasteiger partial charge in [0.1, 0.15) is 0 Å². The van der Waals surface area contributed by atoms with Crippen LogP contribution in [0.5, 0.6) is 0 Å². The number of methoxy groups -OCH3 is 1. The first-order valence-electron chi connectivity index (χ1n) is 6.81. The number of carbonyl (C=O) groups is 2. The van der Waals surface area contributed by atoms with Crippen LogP contribution in [0.1, 0.15) is 37.1 Å². The van der Waals surface area contributed by atoms with Gasteiger partial charge in [-0.05, 0) is 31.3 Å². The number of carbonyl (C=O) groups excluding carboxylic acids is 2. The van der Waals surface area contributed by atoms with Crippen LogP contribution in [-0.4, -0.2) is 34.1 Å². The fraction of sp³-hybridized carbons (Fsp3) is 0.500. The molecular weight excluding hydrogens is 277 g/mol. The molecule has 1 fully saturated rings. The topological polar surface area (TPSA) is 75.3 Å². The Kier molecular flexibility index (Phi) is 3.27. The number of nitrogens with one attached hydrogen (secondary N) is 1. The second-order valence-corrected chi connectivity index (χ2v) is 5.43. The van der Waals surface area contributed by atoms with Crippen molar-refractivity contribution in [3.63, 3.8) is 0 Å². The average molecular weight is 293 g/mol. The zero-order valence-corrected chi connectivity index (χ0v) is 11.9. The Hall–Kier alpha value is -2.18. The van der Waals surface area contributed by atoms with Crippen molar-refractivity contribution in [3.05, 3.63) is 28.9 Å². The molecule has 7 heteroatoms. The molecule has 6 nitrogen and oxygen atoms in total. The Balaban J connectivity index is 1.91. The molecule has 21 heavy (non-hydrogen) atoms. The summed E-state index contributed by atoms with van der Waals surface area (Å²) < 4.78 is 19.0. The van der Waals surface area contributed by atoms with E-state index < -0.39 is 23.7 Å². The van der Waals surface area contributed by atoms with Crippen LogP contribution in [0.25, 0.3) is 0 Å². The van der Waals surface area contributed by atoms with Gasteiger partial charge in [0.05, 0.1) is 25.5 Å². The van der Waals surface area contributed by atoms with E-state index in [9.17, 15) is 14.0 Å². The minimum absolute atomic E-state index is 0.124. The molecule has 1 amide bonds. The molecule has 0 spiro atoms. The first kappa shape index (κ1) is 13.8. The number of nitrogens with zero attached hydrogens (tertiary/aromatic N) is 2. The lowest BCUT2D eigenvalue weighted by atomic mass is 10.1. The highest BCUT2D eigenvalue weighted by molar-refractivity contribution is 5.96. The molecule has 112 valence electrons. The molecule has 1 atom stereocenters. The van der Waals surface area contributed by atoms with E-state index in [0.29, 0.717) is 16.8 Å². The van der Waals surface area contributed by atoms with E-state index in [0.717, 1.165) is 12.8 Å². The van der Waals surface area contributed by atoms with Crippen molar-refractivity contribution in [2.24, 2.45) is 5.92 Å². The van der Waals surface area contributed by atoms with Gasteiger partial charge in [-0.25, -0.2) is 9.18 Å². The number of H-pyrrole nitrogens is 1. The maximum atomic E-state index is 14.3. The van der Waals surface area contributed by atoms with Gasteiger partial charge in [0, 0.05) is 5.56 Å². The summed E-state index contributed by atoms with van der Waals surface area (Å²) in [7, 11) is 1.24. The Morgan fingerprint density at radius 3 is 2.81 bits per heavy atom. The summed E-state index contributed by atoms with van der Waals surface area (Å²) in [6, 6.07) is -0.936. The number of fused-ring (bicyclic) bond motifs is 1. The maximum absolute atomic E-state index is 14.3. The van der Waals surface area contributed by atoms with Gasteiger partial charge in [0.15, 0.2) is 11.9 Å². The summed E-state index contributed by atoms with van der Waals surface area (Å²) in [6.45, 7) is 1.76. The zero-order valence-electron chi connectivity index (χ0n) is 11.9. The number of ether oxygens (including phenoxy) is 1. The lowest BCUT2D eigenvalue weighted by Gasteiger charge is -2.22. The minimum Gasteiger partial charge on any atom is -0.467 e. The molecule has 3 rings (SSSR count). The molecule has 1 aromatic heterocycles. The normalized spacial score (nSPS) is 21.9. The van der Waals surface area contributed by atoms with Crippen molar-refractivity contribution < 1.29 is 18.7 Å². The molecule has 1 aliphatic heterocycles. The number of esters is 1. The Morgan fingerprint density at radius 2 is 2.19 bits per heavy atom. The first-order chi connectivity index (χ1) is 10.0. The number of rotatable bonds is 3. The third-order valence-electron chi connectivity index (χ3n) is 4.10. The summed E-state index contributed by atoms with van der Waals surface area (Å²) in [5.74, 6) is -1.96. The van der Waals surface area contributed by atoms with Gasteiger partial charge in [-0.3, -0.25) is 9.89 Å². The number of amides is 1. The van der Waals surface area contributed by atoms with Crippen molar-refractivity contribution in [2.45, 2.75) is 32.4 Å². The van der Waals surface area contributed by atoms with Crippen LogP contribution in [-0.2, 0) is 20.9 Å². The van der Waals surface area contributed by atoms with Gasteiger partial charge >= 0.3 is 5.97 Å². The van der Waals surface area contributed by atoms with Crippen molar-refractivity contribution >= 4 is 11.9 Å². The summed E-state index contributed by atoms with van der Waals surface area (Å²) in [4.78, 5) is 25.5. The monoisotopic (exact) mass is 293 g/mol. The Morgan fingerprint density at radius 1 is 1.48 bits per heavy atom. The van der Waals surface area contributed by atoms with Crippen LogP contribution >= 0.6 is 0 Å². The third-order valence-corrected chi connectivity index (χ3v) is 4.10. The molecule has 1 aliphatic carbocycles. The van der Waals surface area contributed by atoms with Gasteiger partial charge in [-0.15, -0.1) is 0 Å². The van der Waals surface area contributed by atoms with Gasteiger partial charge in [-0.2, -0.15) is 5.10 Å². The van der Waals surface area contributed by atoms with E-state index in [2.05, 4.69) is 10.2 Å². The third kappa shape index (κ3) is 2.22. The molecular formula is C14H16FN3O3. The van der Waals surface area contributed by atoms with E-state index in [-0.39, 0.29) is 12.5 Å². The number of hydrogen-bond donors (Lipinski definition) is 1. The molecule has 1 saturated carbocycles. The van der Waals surface area contributed by atoms with Crippen LogP contribution in [0.15, 0.2) is 17.6 Å². The number of halogens is 1. The number of aromatic nitrogens is 2. The second-order valence-electron chi connectivity index (χ2n) is 5.43.